The highest BCUT2D eigenvalue weighted by molar-refractivity contribution is 5.77. The number of amides is 1. The molecule has 8 heteroatoms. The van der Waals surface area contributed by atoms with Crippen molar-refractivity contribution in [2.45, 2.75) is 52.1 Å². The second-order valence-electron chi connectivity index (χ2n) is 6.86. The van der Waals surface area contributed by atoms with Gasteiger partial charge in [-0.1, -0.05) is 20.8 Å². The number of hydrogen-bond donors (Lipinski definition) is 0. The van der Waals surface area contributed by atoms with Gasteiger partial charge >= 0.3 is 12.1 Å². The zero-order valence-electron chi connectivity index (χ0n) is 12.9. The zero-order valence-corrected chi connectivity index (χ0v) is 12.9. The molecule has 1 aliphatic rings. The molecule has 22 heavy (non-hydrogen) atoms. The summed E-state index contributed by atoms with van der Waals surface area (Å²) in [5.41, 5.74) is -0.127. The molecule has 2 heterocycles. The fourth-order valence-electron chi connectivity index (χ4n) is 2.48. The summed E-state index contributed by atoms with van der Waals surface area (Å²) in [6, 6.07) is 0. The van der Waals surface area contributed by atoms with Gasteiger partial charge in [0.1, 0.15) is 0 Å². The standard InChI is InChI=1S/C14H20F3N3O2/c1-13(2,3)7-10(21)20-6-4-5-9(8-20)11-18-19-12(22-11)14(15,16)17/h9H,4-8H2,1-3H3. The maximum atomic E-state index is 12.5. The highest BCUT2D eigenvalue weighted by Gasteiger charge is 2.39. The number of halogens is 3. The van der Waals surface area contributed by atoms with E-state index in [0.717, 1.165) is 0 Å². The van der Waals surface area contributed by atoms with Crippen LogP contribution in [-0.2, 0) is 11.0 Å². The highest BCUT2D eigenvalue weighted by atomic mass is 19.4. The average molecular weight is 319 g/mol. The van der Waals surface area contributed by atoms with Crippen LogP contribution in [0.5, 0.6) is 0 Å². The molecule has 0 bridgehead atoms. The maximum Gasteiger partial charge on any atom is 0.470 e. The summed E-state index contributed by atoms with van der Waals surface area (Å²) in [6.07, 6.45) is -2.89. The predicted molar refractivity (Wildman–Crippen MR) is 71.9 cm³/mol. The van der Waals surface area contributed by atoms with E-state index in [1.807, 2.05) is 20.8 Å². The molecule has 1 amide bonds. The molecule has 1 aromatic rings. The fourth-order valence-corrected chi connectivity index (χ4v) is 2.48. The van der Waals surface area contributed by atoms with Crippen molar-refractivity contribution in [2.24, 2.45) is 5.41 Å². The van der Waals surface area contributed by atoms with E-state index in [-0.39, 0.29) is 23.1 Å². The molecule has 0 radical (unpaired) electrons. The van der Waals surface area contributed by atoms with E-state index < -0.39 is 12.1 Å². The molecule has 1 aromatic heterocycles. The Kier molecular flexibility index (Phi) is 4.49. The van der Waals surface area contributed by atoms with Crippen LogP contribution in [0.15, 0.2) is 4.42 Å². The van der Waals surface area contributed by atoms with Crippen molar-refractivity contribution in [3.8, 4) is 0 Å². The summed E-state index contributed by atoms with van der Waals surface area (Å²) in [5.74, 6) is -1.70. The molecule has 1 fully saturated rings. The van der Waals surface area contributed by atoms with E-state index in [2.05, 4.69) is 10.2 Å². The van der Waals surface area contributed by atoms with Crippen LogP contribution < -0.4 is 0 Å². The molecule has 2 rings (SSSR count). The summed E-state index contributed by atoms with van der Waals surface area (Å²) in [4.78, 5) is 13.9. The van der Waals surface area contributed by atoms with Crippen LogP contribution in [0.4, 0.5) is 13.2 Å². The normalized spacial score (nSPS) is 20.3. The largest absolute Gasteiger partial charge is 0.470 e. The summed E-state index contributed by atoms with van der Waals surface area (Å²) >= 11 is 0. The van der Waals surface area contributed by atoms with Gasteiger partial charge in [0.2, 0.25) is 11.8 Å². The minimum atomic E-state index is -4.64. The van der Waals surface area contributed by atoms with Crippen molar-refractivity contribution in [3.05, 3.63) is 11.8 Å². The van der Waals surface area contributed by atoms with E-state index in [4.69, 9.17) is 4.42 Å². The van der Waals surface area contributed by atoms with Crippen LogP contribution in [0, 0.1) is 5.41 Å². The van der Waals surface area contributed by atoms with Gasteiger partial charge in [0.15, 0.2) is 0 Å². The van der Waals surface area contributed by atoms with Gasteiger partial charge in [-0.15, -0.1) is 10.2 Å². The Bertz CT molecular complexity index is 534. The molecule has 0 N–H and O–H groups in total. The molecule has 5 nitrogen and oxygen atoms in total. The number of nitrogens with zero attached hydrogens (tertiary/aromatic N) is 3. The number of carbonyl (C=O) groups is 1. The second-order valence-corrected chi connectivity index (χ2v) is 6.86. The van der Waals surface area contributed by atoms with Gasteiger partial charge in [-0.3, -0.25) is 4.79 Å². The summed E-state index contributed by atoms with van der Waals surface area (Å²) in [7, 11) is 0. The third kappa shape index (κ3) is 4.20. The quantitative estimate of drug-likeness (QED) is 0.840. The number of likely N-dealkylation sites (tertiary alicyclic amines) is 1. The zero-order chi connectivity index (χ0) is 16.5. The first-order valence-electron chi connectivity index (χ1n) is 7.24. The summed E-state index contributed by atoms with van der Waals surface area (Å²) < 4.78 is 42.2. The van der Waals surface area contributed by atoms with Crippen molar-refractivity contribution in [1.82, 2.24) is 15.1 Å². The monoisotopic (exact) mass is 319 g/mol. The minimum Gasteiger partial charge on any atom is -0.417 e. The lowest BCUT2D eigenvalue weighted by molar-refractivity contribution is -0.157. The highest BCUT2D eigenvalue weighted by Crippen LogP contribution is 2.32. The van der Waals surface area contributed by atoms with Gasteiger partial charge < -0.3 is 9.32 Å². The van der Waals surface area contributed by atoms with Gasteiger partial charge in [-0.05, 0) is 18.3 Å². The van der Waals surface area contributed by atoms with E-state index in [9.17, 15) is 18.0 Å². The molecular weight excluding hydrogens is 299 g/mol. The van der Waals surface area contributed by atoms with Gasteiger partial charge in [-0.25, -0.2) is 0 Å². The Morgan fingerprint density at radius 3 is 2.55 bits per heavy atom. The maximum absolute atomic E-state index is 12.5. The van der Waals surface area contributed by atoms with Gasteiger partial charge in [0.05, 0.1) is 5.92 Å². The third-order valence-electron chi connectivity index (χ3n) is 3.49. The molecule has 0 spiro atoms. The van der Waals surface area contributed by atoms with E-state index in [1.165, 1.54) is 0 Å². The van der Waals surface area contributed by atoms with Crippen LogP contribution in [0.3, 0.4) is 0 Å². The number of aromatic nitrogens is 2. The fraction of sp³-hybridized carbons (Fsp3) is 0.786. The first-order chi connectivity index (χ1) is 10.1. The third-order valence-corrected chi connectivity index (χ3v) is 3.49. The smallest absolute Gasteiger partial charge is 0.417 e. The van der Waals surface area contributed by atoms with Crippen LogP contribution in [0.2, 0.25) is 0 Å². The summed E-state index contributed by atoms with van der Waals surface area (Å²) in [5, 5.41) is 6.55. The van der Waals surface area contributed by atoms with Crippen LogP contribution >= 0.6 is 0 Å². The Hall–Kier alpha value is -1.60. The predicted octanol–water partition coefficient (Wildman–Crippen LogP) is 3.23. The lowest BCUT2D eigenvalue weighted by Gasteiger charge is -2.33. The van der Waals surface area contributed by atoms with Crippen LogP contribution in [0.25, 0.3) is 0 Å². The van der Waals surface area contributed by atoms with Crippen molar-refractivity contribution in [3.63, 3.8) is 0 Å². The molecule has 1 saturated heterocycles. The Morgan fingerprint density at radius 1 is 1.32 bits per heavy atom. The van der Waals surface area contributed by atoms with Gasteiger partial charge in [0.25, 0.3) is 0 Å². The number of hydrogen-bond acceptors (Lipinski definition) is 4. The van der Waals surface area contributed by atoms with Crippen molar-refractivity contribution >= 4 is 5.91 Å². The Morgan fingerprint density at radius 2 is 2.00 bits per heavy atom. The molecule has 1 atom stereocenters. The summed E-state index contributed by atoms with van der Waals surface area (Å²) in [6.45, 7) is 6.86. The number of rotatable bonds is 2. The molecule has 1 unspecified atom stereocenters. The molecule has 0 aromatic carbocycles. The lowest BCUT2D eigenvalue weighted by atomic mass is 9.90. The lowest BCUT2D eigenvalue weighted by Crippen LogP contribution is -2.40. The van der Waals surface area contributed by atoms with Crippen molar-refractivity contribution < 1.29 is 22.4 Å². The van der Waals surface area contributed by atoms with E-state index in [1.54, 1.807) is 4.90 Å². The van der Waals surface area contributed by atoms with Crippen LogP contribution in [0.1, 0.15) is 57.7 Å². The van der Waals surface area contributed by atoms with E-state index in [0.29, 0.717) is 32.4 Å². The number of alkyl halides is 3. The minimum absolute atomic E-state index is 0.00719. The molecule has 0 saturated carbocycles. The molecule has 1 aliphatic heterocycles. The Labute approximate surface area is 126 Å². The topological polar surface area (TPSA) is 59.2 Å². The number of carbonyl (C=O) groups excluding carboxylic acids is 1. The second kappa shape index (κ2) is 5.89. The average Bonchev–Trinajstić information content (AvgIpc) is 2.86. The van der Waals surface area contributed by atoms with Gasteiger partial charge in [-0.2, -0.15) is 13.2 Å². The number of piperidine rings is 1. The van der Waals surface area contributed by atoms with Gasteiger partial charge in [0, 0.05) is 19.5 Å². The SMILES string of the molecule is CC(C)(C)CC(=O)N1CCCC(c2nnc(C(F)(F)F)o2)C1. The van der Waals surface area contributed by atoms with Crippen molar-refractivity contribution in [2.75, 3.05) is 13.1 Å². The molecular formula is C14H20F3N3O2. The first-order valence-corrected chi connectivity index (χ1v) is 7.24. The van der Waals surface area contributed by atoms with Crippen molar-refractivity contribution in [1.29, 1.82) is 0 Å². The molecule has 0 aliphatic carbocycles. The Balaban J connectivity index is 2.04. The van der Waals surface area contributed by atoms with E-state index >= 15 is 0 Å². The van der Waals surface area contributed by atoms with Crippen LogP contribution in [-0.4, -0.2) is 34.1 Å². The first kappa shape index (κ1) is 16.8. The molecule has 124 valence electrons.